The number of sulfonamides is 1. The van der Waals surface area contributed by atoms with Gasteiger partial charge in [-0.15, -0.1) is 0 Å². The summed E-state index contributed by atoms with van der Waals surface area (Å²) in [7, 11) is -3.28. The predicted molar refractivity (Wildman–Crippen MR) is 52.7 cm³/mol. The van der Waals surface area contributed by atoms with E-state index in [1.54, 1.807) is 0 Å². The van der Waals surface area contributed by atoms with Crippen molar-refractivity contribution in [2.75, 3.05) is 13.1 Å². The third kappa shape index (κ3) is 1.75. The molecule has 0 aromatic rings. The van der Waals surface area contributed by atoms with E-state index in [0.29, 0.717) is 12.8 Å². The number of nitrogens with zero attached hydrogens (tertiary/aromatic N) is 1. The van der Waals surface area contributed by atoms with Crippen molar-refractivity contribution in [3.05, 3.63) is 0 Å². The normalized spacial score (nSPS) is 33.1. The highest BCUT2D eigenvalue weighted by molar-refractivity contribution is 7.90. The van der Waals surface area contributed by atoms with Crippen LogP contribution in [0.2, 0.25) is 0 Å². The summed E-state index contributed by atoms with van der Waals surface area (Å²) in [6.07, 6.45) is 1.56. The molecule has 1 aliphatic carbocycles. The van der Waals surface area contributed by atoms with Crippen LogP contribution in [0.5, 0.6) is 0 Å². The van der Waals surface area contributed by atoms with Crippen LogP contribution in [0.4, 0.5) is 0 Å². The van der Waals surface area contributed by atoms with Crippen LogP contribution in [-0.2, 0) is 14.8 Å². The van der Waals surface area contributed by atoms with Gasteiger partial charge in [0.2, 0.25) is 10.0 Å². The van der Waals surface area contributed by atoms with Gasteiger partial charge in [-0.05, 0) is 19.3 Å². The Balaban J connectivity index is 2.13. The molecule has 15 heavy (non-hydrogen) atoms. The quantitative estimate of drug-likeness (QED) is 0.650. The van der Waals surface area contributed by atoms with Crippen LogP contribution in [0.3, 0.4) is 0 Å². The molecular formula is C8H14N2O4S. The van der Waals surface area contributed by atoms with E-state index in [4.69, 9.17) is 10.8 Å². The van der Waals surface area contributed by atoms with Crippen molar-refractivity contribution < 1.29 is 18.3 Å². The summed E-state index contributed by atoms with van der Waals surface area (Å²) in [6.45, 7) is 0.128. The first-order valence-electron chi connectivity index (χ1n) is 4.87. The molecule has 2 aliphatic rings. The zero-order valence-corrected chi connectivity index (χ0v) is 9.03. The second-order valence-electron chi connectivity index (χ2n) is 4.29. The van der Waals surface area contributed by atoms with E-state index in [9.17, 15) is 13.2 Å². The van der Waals surface area contributed by atoms with Gasteiger partial charge in [-0.1, -0.05) is 0 Å². The molecule has 0 aromatic heterocycles. The summed E-state index contributed by atoms with van der Waals surface area (Å²) in [5.74, 6) is -1.13. The minimum Gasteiger partial charge on any atom is -0.480 e. The molecule has 86 valence electrons. The number of carboxylic acids is 1. The standard InChI is InChI=1S/C8H14N2O4S/c9-8(7(11)12)3-4-10(5-8)15(13,14)6-1-2-6/h6H,1-5,9H2,(H,11,12). The molecule has 0 amide bonds. The lowest BCUT2D eigenvalue weighted by molar-refractivity contribution is -0.142. The van der Waals surface area contributed by atoms with Gasteiger partial charge in [-0.3, -0.25) is 4.79 Å². The Bertz CT molecular complexity index is 389. The lowest BCUT2D eigenvalue weighted by Crippen LogP contribution is -2.50. The molecule has 6 nitrogen and oxygen atoms in total. The molecule has 0 spiro atoms. The number of aliphatic carboxylic acids is 1. The van der Waals surface area contributed by atoms with Gasteiger partial charge in [-0.25, -0.2) is 8.42 Å². The minimum absolute atomic E-state index is 0.0961. The highest BCUT2D eigenvalue weighted by Crippen LogP contribution is 2.34. The van der Waals surface area contributed by atoms with E-state index in [2.05, 4.69) is 0 Å². The van der Waals surface area contributed by atoms with Crippen LogP contribution in [0, 0.1) is 0 Å². The van der Waals surface area contributed by atoms with Crippen LogP contribution >= 0.6 is 0 Å². The van der Waals surface area contributed by atoms with Crippen molar-refractivity contribution >= 4 is 16.0 Å². The lowest BCUT2D eigenvalue weighted by atomic mass is 10.0. The van der Waals surface area contributed by atoms with Crippen LogP contribution in [-0.4, -0.2) is 47.7 Å². The molecule has 1 saturated heterocycles. The third-order valence-electron chi connectivity index (χ3n) is 3.00. The smallest absolute Gasteiger partial charge is 0.325 e. The highest BCUT2D eigenvalue weighted by Gasteiger charge is 2.49. The Morgan fingerprint density at radius 3 is 2.47 bits per heavy atom. The SMILES string of the molecule is NC1(C(=O)O)CCN(S(=O)(=O)C2CC2)C1. The summed E-state index contributed by atoms with van der Waals surface area (Å²) in [6, 6.07) is 0. The second kappa shape index (κ2) is 3.16. The number of hydrogen-bond acceptors (Lipinski definition) is 4. The molecule has 0 bridgehead atoms. The van der Waals surface area contributed by atoms with Gasteiger partial charge in [0.15, 0.2) is 0 Å². The number of carboxylic acid groups (broad SMARTS) is 1. The van der Waals surface area contributed by atoms with Gasteiger partial charge >= 0.3 is 5.97 Å². The van der Waals surface area contributed by atoms with E-state index in [1.807, 2.05) is 0 Å². The fourth-order valence-electron chi connectivity index (χ4n) is 1.77. The van der Waals surface area contributed by atoms with Crippen molar-refractivity contribution in [3.8, 4) is 0 Å². The minimum atomic E-state index is -3.28. The fourth-order valence-corrected chi connectivity index (χ4v) is 3.68. The molecule has 0 aromatic carbocycles. The average Bonchev–Trinajstić information content (AvgIpc) is 2.90. The molecule has 1 atom stereocenters. The molecule has 1 heterocycles. The van der Waals surface area contributed by atoms with Gasteiger partial charge in [0.05, 0.1) is 5.25 Å². The molecule has 2 rings (SSSR count). The van der Waals surface area contributed by atoms with Crippen LogP contribution in [0.15, 0.2) is 0 Å². The number of carbonyl (C=O) groups is 1. The molecule has 7 heteroatoms. The predicted octanol–water partition coefficient (Wildman–Crippen LogP) is -1.03. The molecule has 2 fully saturated rings. The Hall–Kier alpha value is -0.660. The van der Waals surface area contributed by atoms with Crippen molar-refractivity contribution in [1.29, 1.82) is 0 Å². The largest absolute Gasteiger partial charge is 0.480 e. The van der Waals surface area contributed by atoms with Gasteiger partial charge in [0.25, 0.3) is 0 Å². The first kappa shape index (κ1) is 10.8. The first-order chi connectivity index (χ1) is 6.86. The Kier molecular flexibility index (Phi) is 2.29. The molecule has 3 N–H and O–H groups in total. The Morgan fingerprint density at radius 1 is 1.47 bits per heavy atom. The van der Waals surface area contributed by atoms with Gasteiger partial charge in [0, 0.05) is 13.1 Å². The monoisotopic (exact) mass is 234 g/mol. The maximum atomic E-state index is 11.8. The first-order valence-corrected chi connectivity index (χ1v) is 6.38. The van der Waals surface area contributed by atoms with E-state index in [0.717, 1.165) is 0 Å². The zero-order valence-electron chi connectivity index (χ0n) is 8.22. The fraction of sp³-hybridized carbons (Fsp3) is 0.875. The van der Waals surface area contributed by atoms with Crippen molar-refractivity contribution in [2.45, 2.75) is 30.1 Å². The Labute approximate surface area is 88.1 Å². The van der Waals surface area contributed by atoms with Gasteiger partial charge in [0.1, 0.15) is 5.54 Å². The van der Waals surface area contributed by atoms with Crippen molar-refractivity contribution in [3.63, 3.8) is 0 Å². The zero-order chi connectivity index (χ0) is 11.3. The van der Waals surface area contributed by atoms with Crippen molar-refractivity contribution in [2.24, 2.45) is 5.73 Å². The molecular weight excluding hydrogens is 220 g/mol. The third-order valence-corrected chi connectivity index (χ3v) is 5.34. The summed E-state index contributed by atoms with van der Waals surface area (Å²) in [4.78, 5) is 10.8. The van der Waals surface area contributed by atoms with E-state index >= 15 is 0 Å². The van der Waals surface area contributed by atoms with E-state index in [-0.39, 0.29) is 24.8 Å². The average molecular weight is 234 g/mol. The van der Waals surface area contributed by atoms with E-state index in [1.165, 1.54) is 4.31 Å². The highest BCUT2D eigenvalue weighted by atomic mass is 32.2. The maximum Gasteiger partial charge on any atom is 0.325 e. The van der Waals surface area contributed by atoms with Gasteiger partial charge < -0.3 is 10.8 Å². The summed E-state index contributed by atoms with van der Waals surface area (Å²) in [5, 5.41) is 8.57. The topological polar surface area (TPSA) is 101 Å². The number of nitrogens with two attached hydrogens (primary N) is 1. The summed E-state index contributed by atoms with van der Waals surface area (Å²) >= 11 is 0. The maximum absolute atomic E-state index is 11.8. The summed E-state index contributed by atoms with van der Waals surface area (Å²) in [5.41, 5.74) is 4.20. The molecule has 1 aliphatic heterocycles. The number of rotatable bonds is 3. The second-order valence-corrected chi connectivity index (χ2v) is 6.50. The van der Waals surface area contributed by atoms with Crippen molar-refractivity contribution in [1.82, 2.24) is 4.31 Å². The molecule has 1 unspecified atom stereocenters. The Morgan fingerprint density at radius 2 is 2.07 bits per heavy atom. The summed E-state index contributed by atoms with van der Waals surface area (Å²) < 4.78 is 24.8. The lowest BCUT2D eigenvalue weighted by Gasteiger charge is -2.19. The molecule has 1 saturated carbocycles. The van der Waals surface area contributed by atoms with Gasteiger partial charge in [-0.2, -0.15) is 4.31 Å². The van der Waals surface area contributed by atoms with Crippen LogP contribution < -0.4 is 5.73 Å². The number of hydrogen-bond donors (Lipinski definition) is 2. The van der Waals surface area contributed by atoms with Crippen LogP contribution in [0.1, 0.15) is 19.3 Å². The molecule has 0 radical (unpaired) electrons. The van der Waals surface area contributed by atoms with Crippen LogP contribution in [0.25, 0.3) is 0 Å². The van der Waals surface area contributed by atoms with E-state index < -0.39 is 21.5 Å².